The van der Waals surface area contributed by atoms with Crippen molar-refractivity contribution in [2.45, 2.75) is 110 Å². The largest absolute Gasteiger partial charge is 0.368 e. The summed E-state index contributed by atoms with van der Waals surface area (Å²) < 4.78 is 0. The van der Waals surface area contributed by atoms with Crippen LogP contribution in [0, 0.1) is 0 Å². The van der Waals surface area contributed by atoms with E-state index in [1.165, 1.54) is 77.0 Å². The Morgan fingerprint density at radius 3 is 1.74 bits per heavy atom. The molecule has 1 aliphatic heterocycles. The lowest BCUT2D eigenvalue weighted by molar-refractivity contribution is -0.194. The second kappa shape index (κ2) is 15.0. The Labute approximate surface area is 144 Å². The van der Waals surface area contributed by atoms with Gasteiger partial charge < -0.3 is 4.84 Å². The van der Waals surface area contributed by atoms with Crippen LogP contribution >= 0.6 is 0 Å². The maximum atomic E-state index is 11.7. The summed E-state index contributed by atoms with van der Waals surface area (Å²) in [6.07, 6.45) is 20.1. The van der Waals surface area contributed by atoms with Gasteiger partial charge in [0.1, 0.15) is 0 Å². The van der Waals surface area contributed by atoms with E-state index in [2.05, 4.69) is 6.92 Å². The van der Waals surface area contributed by atoms with Crippen molar-refractivity contribution in [1.29, 1.82) is 0 Å². The third-order valence-electron chi connectivity index (χ3n) is 4.78. The minimum Gasteiger partial charge on any atom is -0.368 e. The molecule has 0 atom stereocenters. The third kappa shape index (κ3) is 12.5. The molecule has 0 aromatic rings. The number of carbonyl (C=O) groups is 1. The molecular weight excluding hydrogens is 286 g/mol. The predicted molar refractivity (Wildman–Crippen MR) is 97.2 cm³/mol. The van der Waals surface area contributed by atoms with E-state index < -0.39 is 0 Å². The second-order valence-corrected chi connectivity index (χ2v) is 7.09. The fourth-order valence-corrected chi connectivity index (χ4v) is 3.26. The van der Waals surface area contributed by atoms with Crippen LogP contribution in [0.4, 0.5) is 0 Å². The first kappa shape index (κ1) is 20.5. The first-order chi connectivity index (χ1) is 11.3. The Bertz CT molecular complexity index is 275. The number of carbonyl (C=O) groups excluding carboxylic acids is 1. The van der Waals surface area contributed by atoms with Gasteiger partial charge in [0, 0.05) is 19.5 Å². The Balaban J connectivity index is 1.77. The zero-order valence-corrected chi connectivity index (χ0v) is 15.5. The number of rotatable bonds is 14. The van der Waals surface area contributed by atoms with Crippen LogP contribution in [0.5, 0.6) is 0 Å². The first-order valence-electron chi connectivity index (χ1n) is 10.3. The van der Waals surface area contributed by atoms with Crippen LogP contribution in [0.1, 0.15) is 110 Å². The summed E-state index contributed by atoms with van der Waals surface area (Å²) in [7, 11) is 0. The summed E-state index contributed by atoms with van der Waals surface area (Å²) in [4.78, 5) is 17.1. The van der Waals surface area contributed by atoms with E-state index in [1.807, 2.05) is 5.06 Å². The summed E-state index contributed by atoms with van der Waals surface area (Å²) in [6.45, 7) is 4.11. The zero-order valence-electron chi connectivity index (χ0n) is 15.5. The van der Waals surface area contributed by atoms with Gasteiger partial charge in [0.2, 0.25) is 0 Å². The smallest absolute Gasteiger partial charge is 0.325 e. The van der Waals surface area contributed by atoms with Crippen LogP contribution in [-0.2, 0) is 9.63 Å². The molecule has 3 nitrogen and oxygen atoms in total. The quantitative estimate of drug-likeness (QED) is 0.366. The van der Waals surface area contributed by atoms with Crippen molar-refractivity contribution < 1.29 is 9.63 Å². The van der Waals surface area contributed by atoms with Crippen LogP contribution in [0.2, 0.25) is 0 Å². The first-order valence-corrected chi connectivity index (χ1v) is 10.3. The highest BCUT2D eigenvalue weighted by atomic mass is 16.7. The number of hydrogen-bond donors (Lipinski definition) is 0. The average molecular weight is 326 g/mol. The van der Waals surface area contributed by atoms with Crippen molar-refractivity contribution in [3.8, 4) is 0 Å². The van der Waals surface area contributed by atoms with E-state index in [-0.39, 0.29) is 5.97 Å². The molecule has 0 amide bonds. The Morgan fingerprint density at radius 2 is 1.22 bits per heavy atom. The molecule has 0 saturated carbocycles. The predicted octanol–water partition coefficient (Wildman–Crippen LogP) is 6.02. The highest BCUT2D eigenvalue weighted by Crippen LogP contribution is 2.13. The van der Waals surface area contributed by atoms with E-state index in [0.717, 1.165) is 32.4 Å². The Morgan fingerprint density at radius 1 is 0.739 bits per heavy atom. The van der Waals surface area contributed by atoms with Gasteiger partial charge in [0.05, 0.1) is 0 Å². The van der Waals surface area contributed by atoms with Gasteiger partial charge >= 0.3 is 5.97 Å². The van der Waals surface area contributed by atoms with E-state index in [9.17, 15) is 4.79 Å². The molecule has 0 aromatic carbocycles. The Hall–Kier alpha value is -0.570. The van der Waals surface area contributed by atoms with Crippen LogP contribution in [0.15, 0.2) is 0 Å². The van der Waals surface area contributed by atoms with Crippen molar-refractivity contribution in [2.75, 3.05) is 13.1 Å². The minimum atomic E-state index is -0.0287. The lowest BCUT2D eigenvalue weighted by Gasteiger charge is -2.24. The molecule has 1 aliphatic rings. The number of hydroxylamine groups is 2. The number of piperidine rings is 1. The molecule has 0 unspecified atom stereocenters. The van der Waals surface area contributed by atoms with Gasteiger partial charge in [0.15, 0.2) is 0 Å². The SMILES string of the molecule is CCCCCCCCCCCCCCC(=O)ON1CCCCC1. The monoisotopic (exact) mass is 325 g/mol. The molecule has 0 aromatic heterocycles. The highest BCUT2D eigenvalue weighted by Gasteiger charge is 2.14. The molecule has 3 heteroatoms. The standard InChI is InChI=1S/C20H39NO2/c1-2-3-4-5-6-7-8-9-10-11-12-14-17-20(22)23-21-18-15-13-16-19-21/h2-19H2,1H3. The fraction of sp³-hybridized carbons (Fsp3) is 0.950. The van der Waals surface area contributed by atoms with Gasteiger partial charge in [-0.1, -0.05) is 84.0 Å². The lowest BCUT2D eigenvalue weighted by atomic mass is 10.0. The number of hydrogen-bond acceptors (Lipinski definition) is 3. The van der Waals surface area contributed by atoms with Crippen LogP contribution in [-0.4, -0.2) is 24.1 Å². The topological polar surface area (TPSA) is 29.5 Å². The van der Waals surface area contributed by atoms with Gasteiger partial charge in [0.25, 0.3) is 0 Å². The lowest BCUT2D eigenvalue weighted by Crippen LogP contribution is -2.32. The zero-order chi connectivity index (χ0) is 16.6. The minimum absolute atomic E-state index is 0.0287. The summed E-state index contributed by atoms with van der Waals surface area (Å²) in [6, 6.07) is 0. The number of nitrogens with zero attached hydrogens (tertiary/aromatic N) is 1. The molecule has 0 aliphatic carbocycles. The summed E-state index contributed by atoms with van der Waals surface area (Å²) in [5.74, 6) is -0.0287. The van der Waals surface area contributed by atoms with Crippen molar-refractivity contribution in [2.24, 2.45) is 0 Å². The van der Waals surface area contributed by atoms with Gasteiger partial charge in [-0.3, -0.25) is 4.79 Å². The molecule has 1 rings (SSSR count). The highest BCUT2D eigenvalue weighted by molar-refractivity contribution is 5.68. The van der Waals surface area contributed by atoms with Crippen LogP contribution in [0.25, 0.3) is 0 Å². The molecule has 1 heterocycles. The van der Waals surface area contributed by atoms with Crippen molar-refractivity contribution in [3.63, 3.8) is 0 Å². The van der Waals surface area contributed by atoms with Crippen molar-refractivity contribution in [1.82, 2.24) is 5.06 Å². The molecule has 0 N–H and O–H groups in total. The van der Waals surface area contributed by atoms with Gasteiger partial charge in [-0.25, -0.2) is 0 Å². The molecule has 1 saturated heterocycles. The molecule has 23 heavy (non-hydrogen) atoms. The average Bonchev–Trinajstić information content (AvgIpc) is 2.57. The van der Waals surface area contributed by atoms with E-state index in [4.69, 9.17) is 4.84 Å². The molecule has 1 fully saturated rings. The summed E-state index contributed by atoms with van der Waals surface area (Å²) >= 11 is 0. The van der Waals surface area contributed by atoms with E-state index in [1.54, 1.807) is 0 Å². The van der Waals surface area contributed by atoms with Crippen LogP contribution < -0.4 is 0 Å². The molecule has 0 bridgehead atoms. The molecule has 136 valence electrons. The maximum Gasteiger partial charge on any atom is 0.325 e. The second-order valence-electron chi connectivity index (χ2n) is 7.09. The Kier molecular flexibility index (Phi) is 13.3. The molecular formula is C20H39NO2. The molecule has 0 spiro atoms. The van der Waals surface area contributed by atoms with Crippen LogP contribution in [0.3, 0.4) is 0 Å². The molecule has 0 radical (unpaired) electrons. The van der Waals surface area contributed by atoms with Gasteiger partial charge in [-0.15, -0.1) is 5.06 Å². The fourth-order valence-electron chi connectivity index (χ4n) is 3.26. The maximum absolute atomic E-state index is 11.7. The number of unbranched alkanes of at least 4 members (excludes halogenated alkanes) is 11. The summed E-state index contributed by atoms with van der Waals surface area (Å²) in [5, 5.41) is 1.85. The van der Waals surface area contributed by atoms with E-state index >= 15 is 0 Å². The van der Waals surface area contributed by atoms with E-state index in [0.29, 0.717) is 6.42 Å². The van der Waals surface area contributed by atoms with Gasteiger partial charge in [-0.2, -0.15) is 0 Å². The van der Waals surface area contributed by atoms with Crippen molar-refractivity contribution >= 4 is 5.97 Å². The normalized spacial score (nSPS) is 15.7. The summed E-state index contributed by atoms with van der Waals surface area (Å²) in [5.41, 5.74) is 0. The van der Waals surface area contributed by atoms with Crippen molar-refractivity contribution in [3.05, 3.63) is 0 Å². The van der Waals surface area contributed by atoms with Gasteiger partial charge in [-0.05, 0) is 19.3 Å². The third-order valence-corrected chi connectivity index (χ3v) is 4.78.